The van der Waals surface area contributed by atoms with E-state index in [-0.39, 0.29) is 24.2 Å². The molecule has 9 heteroatoms. The Bertz CT molecular complexity index is 842. The first-order valence-electron chi connectivity index (χ1n) is 9.11. The molecule has 0 aliphatic rings. The van der Waals surface area contributed by atoms with Gasteiger partial charge in [-0.1, -0.05) is 36.4 Å². The highest BCUT2D eigenvalue weighted by Gasteiger charge is 2.48. The number of aliphatic hydroxyl groups excluding tert-OH is 2. The van der Waals surface area contributed by atoms with Gasteiger partial charge in [-0.2, -0.15) is 8.78 Å². The van der Waals surface area contributed by atoms with E-state index in [1.54, 1.807) is 6.92 Å². The van der Waals surface area contributed by atoms with Crippen LogP contribution in [0.15, 0.2) is 48.5 Å². The molecule has 0 saturated heterocycles. The van der Waals surface area contributed by atoms with Crippen LogP contribution in [0.1, 0.15) is 35.8 Å². The Morgan fingerprint density at radius 2 is 1.70 bits per heavy atom. The van der Waals surface area contributed by atoms with E-state index in [0.717, 1.165) is 24.3 Å². The summed E-state index contributed by atoms with van der Waals surface area (Å²) in [7, 11) is 0. The zero-order valence-corrected chi connectivity index (χ0v) is 15.9. The van der Waals surface area contributed by atoms with Crippen LogP contribution in [0.4, 0.5) is 22.0 Å². The van der Waals surface area contributed by atoms with Gasteiger partial charge in [-0.3, -0.25) is 4.79 Å². The highest BCUT2D eigenvalue weighted by molar-refractivity contribution is 5.74. The molecule has 4 nitrogen and oxygen atoms in total. The minimum Gasteiger partial charge on any atom is -0.466 e. The second kappa shape index (κ2) is 9.99. The quantitative estimate of drug-likeness (QED) is 0.460. The van der Waals surface area contributed by atoms with Crippen molar-refractivity contribution < 1.29 is 41.7 Å². The number of carbonyl (C=O) groups excluding carboxylic acids is 1. The molecule has 164 valence electrons. The SMILES string of the molecule is CCOC(=O)C(Cc1cccc(C(O)C(F)(F)C(F)F)c1)C(O)c1ccc(F)cc1. The highest BCUT2D eigenvalue weighted by atomic mass is 19.3. The number of esters is 1. The zero-order valence-electron chi connectivity index (χ0n) is 15.9. The molecule has 3 unspecified atom stereocenters. The number of carbonyl (C=O) groups is 1. The molecule has 2 aromatic rings. The molecule has 0 spiro atoms. The third-order valence-electron chi connectivity index (χ3n) is 4.56. The van der Waals surface area contributed by atoms with Crippen molar-refractivity contribution in [1.29, 1.82) is 0 Å². The van der Waals surface area contributed by atoms with E-state index in [9.17, 15) is 37.0 Å². The maximum absolute atomic E-state index is 13.5. The summed E-state index contributed by atoms with van der Waals surface area (Å²) in [5.41, 5.74) is 0.00221. The average molecular weight is 432 g/mol. The van der Waals surface area contributed by atoms with E-state index >= 15 is 0 Å². The third kappa shape index (κ3) is 5.54. The highest BCUT2D eigenvalue weighted by Crippen LogP contribution is 2.37. The summed E-state index contributed by atoms with van der Waals surface area (Å²) in [4.78, 5) is 12.4. The zero-order chi connectivity index (χ0) is 22.5. The summed E-state index contributed by atoms with van der Waals surface area (Å²) < 4.78 is 70.2. The number of ether oxygens (including phenoxy) is 1. The van der Waals surface area contributed by atoms with Crippen molar-refractivity contribution in [2.45, 2.75) is 37.9 Å². The molecule has 0 aliphatic carbocycles. The van der Waals surface area contributed by atoms with Gasteiger partial charge in [0.25, 0.3) is 0 Å². The molecule has 2 rings (SSSR count). The number of benzene rings is 2. The van der Waals surface area contributed by atoms with Gasteiger partial charge in [-0.25, -0.2) is 13.2 Å². The lowest BCUT2D eigenvalue weighted by Crippen LogP contribution is -2.34. The van der Waals surface area contributed by atoms with Gasteiger partial charge in [0.1, 0.15) is 11.9 Å². The number of hydrogen-bond acceptors (Lipinski definition) is 4. The monoisotopic (exact) mass is 432 g/mol. The Kier molecular flexibility index (Phi) is 7.91. The van der Waals surface area contributed by atoms with Gasteiger partial charge in [0.2, 0.25) is 0 Å². The second-order valence-electron chi connectivity index (χ2n) is 6.68. The number of alkyl halides is 4. The van der Waals surface area contributed by atoms with E-state index in [1.807, 2.05) is 0 Å². The largest absolute Gasteiger partial charge is 0.466 e. The maximum Gasteiger partial charge on any atom is 0.336 e. The molecule has 0 radical (unpaired) electrons. The van der Waals surface area contributed by atoms with Gasteiger partial charge in [0.05, 0.1) is 18.6 Å². The molecule has 2 aromatic carbocycles. The van der Waals surface area contributed by atoms with Gasteiger partial charge in [0.15, 0.2) is 0 Å². The maximum atomic E-state index is 13.5. The van der Waals surface area contributed by atoms with Crippen LogP contribution >= 0.6 is 0 Å². The molecule has 2 N–H and O–H groups in total. The van der Waals surface area contributed by atoms with Crippen LogP contribution in [0, 0.1) is 11.7 Å². The van der Waals surface area contributed by atoms with Crippen molar-refractivity contribution >= 4 is 5.97 Å². The van der Waals surface area contributed by atoms with Gasteiger partial charge in [-0.15, -0.1) is 0 Å². The van der Waals surface area contributed by atoms with Crippen LogP contribution in [0.5, 0.6) is 0 Å². The molecule has 30 heavy (non-hydrogen) atoms. The Morgan fingerprint density at radius 3 is 2.27 bits per heavy atom. The van der Waals surface area contributed by atoms with E-state index in [2.05, 4.69) is 0 Å². The Hall–Kier alpha value is -2.52. The van der Waals surface area contributed by atoms with Crippen LogP contribution in [-0.2, 0) is 16.0 Å². The van der Waals surface area contributed by atoms with Crippen LogP contribution in [0.2, 0.25) is 0 Å². The smallest absolute Gasteiger partial charge is 0.336 e. The van der Waals surface area contributed by atoms with Crippen LogP contribution in [-0.4, -0.2) is 35.1 Å². The Morgan fingerprint density at radius 1 is 1.07 bits per heavy atom. The van der Waals surface area contributed by atoms with Crippen molar-refractivity contribution in [3.05, 3.63) is 71.0 Å². The molecule has 0 heterocycles. The minimum absolute atomic E-state index is 0.0187. The Balaban J connectivity index is 2.32. The van der Waals surface area contributed by atoms with Crippen LogP contribution < -0.4 is 0 Å². The third-order valence-corrected chi connectivity index (χ3v) is 4.56. The molecule has 0 saturated carbocycles. The van der Waals surface area contributed by atoms with Crippen molar-refractivity contribution in [1.82, 2.24) is 0 Å². The molecule has 0 amide bonds. The normalized spacial score (nSPS) is 15.0. The van der Waals surface area contributed by atoms with Crippen molar-refractivity contribution in [3.8, 4) is 0 Å². The van der Waals surface area contributed by atoms with Gasteiger partial charge < -0.3 is 14.9 Å². The molecule has 3 atom stereocenters. The lowest BCUT2D eigenvalue weighted by atomic mass is 9.88. The predicted molar refractivity (Wildman–Crippen MR) is 97.5 cm³/mol. The lowest BCUT2D eigenvalue weighted by Gasteiger charge is -2.24. The van der Waals surface area contributed by atoms with Crippen molar-refractivity contribution in [2.24, 2.45) is 5.92 Å². The summed E-state index contributed by atoms with van der Waals surface area (Å²) in [5.74, 6) is -7.16. The fourth-order valence-corrected chi connectivity index (χ4v) is 2.95. The Labute approximate surface area is 169 Å². The fraction of sp³-hybridized carbons (Fsp3) is 0.381. The summed E-state index contributed by atoms with van der Waals surface area (Å²) in [6.07, 6.45) is -8.41. The molecular weight excluding hydrogens is 411 g/mol. The van der Waals surface area contributed by atoms with Crippen molar-refractivity contribution in [2.75, 3.05) is 6.61 Å². The van der Waals surface area contributed by atoms with E-state index in [0.29, 0.717) is 0 Å². The number of rotatable bonds is 9. The van der Waals surface area contributed by atoms with E-state index < -0.39 is 47.8 Å². The number of aliphatic hydroxyl groups is 2. The van der Waals surface area contributed by atoms with Gasteiger partial charge in [0, 0.05) is 0 Å². The first-order valence-corrected chi connectivity index (χ1v) is 9.11. The summed E-state index contributed by atoms with van der Waals surface area (Å²) in [6.45, 7) is 1.58. The minimum atomic E-state index is -4.66. The summed E-state index contributed by atoms with van der Waals surface area (Å²) >= 11 is 0. The van der Waals surface area contributed by atoms with Crippen LogP contribution in [0.25, 0.3) is 0 Å². The lowest BCUT2D eigenvalue weighted by molar-refractivity contribution is -0.193. The van der Waals surface area contributed by atoms with Gasteiger partial charge >= 0.3 is 18.3 Å². The fourth-order valence-electron chi connectivity index (χ4n) is 2.95. The van der Waals surface area contributed by atoms with E-state index in [4.69, 9.17) is 4.74 Å². The first-order chi connectivity index (χ1) is 14.1. The topological polar surface area (TPSA) is 66.8 Å². The predicted octanol–water partition coefficient (Wildman–Crippen LogP) is 4.21. The molecule has 0 fully saturated rings. The number of hydrogen-bond donors (Lipinski definition) is 2. The van der Waals surface area contributed by atoms with E-state index in [1.165, 1.54) is 24.3 Å². The number of halogens is 5. The molecular formula is C21H21F5O4. The average Bonchev–Trinajstić information content (AvgIpc) is 2.71. The van der Waals surface area contributed by atoms with Gasteiger partial charge in [-0.05, 0) is 42.2 Å². The molecule has 0 aromatic heterocycles. The second-order valence-corrected chi connectivity index (χ2v) is 6.68. The molecule has 0 aliphatic heterocycles. The van der Waals surface area contributed by atoms with Crippen molar-refractivity contribution in [3.63, 3.8) is 0 Å². The summed E-state index contributed by atoms with van der Waals surface area (Å²) in [5, 5.41) is 20.3. The standard InChI is InChI=1S/C21H21F5O4/c1-2-30-19(29)16(17(27)13-6-8-15(22)9-7-13)11-12-4-3-5-14(10-12)18(28)21(25,26)20(23)24/h3-10,16-18,20,27-28H,2,11H2,1H3. The summed E-state index contributed by atoms with van der Waals surface area (Å²) in [6, 6.07) is 9.59. The molecule has 0 bridgehead atoms. The van der Waals surface area contributed by atoms with Crippen LogP contribution in [0.3, 0.4) is 0 Å². The first kappa shape index (κ1) is 23.8.